The topological polar surface area (TPSA) is 20.2 Å². The second-order valence-electron chi connectivity index (χ2n) is 8.20. The molecule has 4 aliphatic rings. The number of phenolic OH excluding ortho intramolecular Hbond substituents is 1. The van der Waals surface area contributed by atoms with Crippen LogP contribution in [-0.4, -0.2) is 5.11 Å². The molecule has 4 bridgehead atoms. The number of phenols is 1. The summed E-state index contributed by atoms with van der Waals surface area (Å²) in [4.78, 5) is 2.35. The van der Waals surface area contributed by atoms with Gasteiger partial charge in [0.2, 0.25) is 0 Å². The maximum Gasteiger partial charge on any atom is 0.123 e. The smallest absolute Gasteiger partial charge is 0.123 e. The van der Waals surface area contributed by atoms with Crippen molar-refractivity contribution >= 4 is 16.7 Å². The van der Waals surface area contributed by atoms with Gasteiger partial charge >= 0.3 is 0 Å². The number of hydrogen-bond donors (Lipinski definition) is 1. The monoisotopic (exact) mass is 366 g/mol. The molecule has 1 nitrogen and oxygen atoms in total. The maximum atomic E-state index is 13.3. The van der Waals surface area contributed by atoms with Crippen LogP contribution in [0.1, 0.15) is 37.7 Å². The molecule has 134 valence electrons. The Balaban J connectivity index is 1.60. The summed E-state index contributed by atoms with van der Waals surface area (Å²) in [6, 6.07) is 14.4. The van der Waals surface area contributed by atoms with E-state index in [1.54, 1.807) is 23.4 Å². The first-order valence-electron chi connectivity index (χ1n) is 9.62. The van der Waals surface area contributed by atoms with Crippen molar-refractivity contribution in [1.29, 1.82) is 0 Å². The Morgan fingerprint density at radius 1 is 0.885 bits per heavy atom. The third-order valence-corrected chi connectivity index (χ3v) is 7.61. The summed E-state index contributed by atoms with van der Waals surface area (Å²) in [7, 11) is 0. The first-order chi connectivity index (χ1) is 12.7. The van der Waals surface area contributed by atoms with Crippen LogP contribution in [0.3, 0.4) is 0 Å². The number of aromatic hydroxyl groups is 1. The summed E-state index contributed by atoms with van der Waals surface area (Å²) in [6.07, 6.45) is 6.75. The molecule has 0 saturated heterocycles. The minimum absolute atomic E-state index is 0.199. The standard InChI is InChI=1S/C23H23FOS/c24-19-4-6-21(7-5-19)26-23(16-2-1-3-20(25)13-16)22-17-9-14-8-15(11-17)12-18(22)10-14/h1-7,13-15,17-18,25H,8-12H2. The third-order valence-electron chi connectivity index (χ3n) is 6.42. The highest BCUT2D eigenvalue weighted by molar-refractivity contribution is 8.08. The van der Waals surface area contributed by atoms with Crippen molar-refractivity contribution < 1.29 is 9.50 Å². The van der Waals surface area contributed by atoms with Crippen molar-refractivity contribution in [3.8, 4) is 5.75 Å². The lowest BCUT2D eigenvalue weighted by atomic mass is 9.54. The SMILES string of the molecule is Oc1cccc(C(Sc2ccc(F)cc2)=C2C3CC4CC(C3)CC2C4)c1. The molecule has 3 heteroatoms. The number of thioether (sulfide) groups is 1. The molecule has 2 aromatic carbocycles. The predicted octanol–water partition coefficient (Wildman–Crippen LogP) is 6.49. The summed E-state index contributed by atoms with van der Waals surface area (Å²) >= 11 is 1.74. The van der Waals surface area contributed by atoms with Gasteiger partial charge in [-0.05, 0) is 103 Å². The lowest BCUT2D eigenvalue weighted by molar-refractivity contribution is 0.0708. The van der Waals surface area contributed by atoms with E-state index in [0.29, 0.717) is 17.6 Å². The van der Waals surface area contributed by atoms with Gasteiger partial charge in [0.25, 0.3) is 0 Å². The van der Waals surface area contributed by atoms with Crippen molar-refractivity contribution in [3.63, 3.8) is 0 Å². The zero-order chi connectivity index (χ0) is 17.7. The maximum absolute atomic E-state index is 13.3. The Bertz CT molecular complexity index is 825. The molecule has 0 radical (unpaired) electrons. The second-order valence-corrected chi connectivity index (χ2v) is 9.28. The molecule has 2 aromatic rings. The highest BCUT2D eigenvalue weighted by Crippen LogP contribution is 2.59. The zero-order valence-corrected chi connectivity index (χ0v) is 15.5. The van der Waals surface area contributed by atoms with Crippen LogP contribution in [0.15, 0.2) is 59.0 Å². The lowest BCUT2D eigenvalue weighted by Crippen LogP contribution is -2.40. The molecule has 4 saturated carbocycles. The fourth-order valence-electron chi connectivity index (χ4n) is 5.61. The zero-order valence-electron chi connectivity index (χ0n) is 14.7. The van der Waals surface area contributed by atoms with Crippen LogP contribution in [0.5, 0.6) is 5.75 Å². The molecular weight excluding hydrogens is 343 g/mol. The van der Waals surface area contributed by atoms with E-state index < -0.39 is 0 Å². The largest absolute Gasteiger partial charge is 0.508 e. The van der Waals surface area contributed by atoms with Crippen molar-refractivity contribution in [3.05, 3.63) is 65.5 Å². The van der Waals surface area contributed by atoms with Gasteiger partial charge < -0.3 is 5.11 Å². The first-order valence-corrected chi connectivity index (χ1v) is 10.4. The quantitative estimate of drug-likeness (QED) is 0.626. The molecule has 0 amide bonds. The van der Waals surface area contributed by atoms with E-state index in [1.165, 1.54) is 49.1 Å². The summed E-state index contributed by atoms with van der Waals surface area (Å²) in [5, 5.41) is 10.0. The molecule has 4 aliphatic carbocycles. The van der Waals surface area contributed by atoms with Crippen molar-refractivity contribution in [1.82, 2.24) is 0 Å². The first kappa shape index (κ1) is 16.4. The Kier molecular flexibility index (Phi) is 4.08. The summed E-state index contributed by atoms with van der Waals surface area (Å²) in [5.41, 5.74) is 2.71. The van der Waals surface area contributed by atoms with Gasteiger partial charge in [0.05, 0.1) is 0 Å². The van der Waals surface area contributed by atoms with E-state index in [-0.39, 0.29) is 5.82 Å². The number of halogens is 1. The molecular formula is C23H23FOS. The van der Waals surface area contributed by atoms with Gasteiger partial charge in [0.1, 0.15) is 11.6 Å². The van der Waals surface area contributed by atoms with Gasteiger partial charge in [-0.3, -0.25) is 0 Å². The normalized spacial score (nSPS) is 29.2. The minimum atomic E-state index is -0.199. The van der Waals surface area contributed by atoms with Crippen molar-refractivity contribution in [2.24, 2.45) is 23.7 Å². The fraction of sp³-hybridized carbons (Fsp3) is 0.391. The van der Waals surface area contributed by atoms with E-state index in [1.807, 2.05) is 24.3 Å². The van der Waals surface area contributed by atoms with Crippen LogP contribution in [0, 0.1) is 29.5 Å². The molecule has 0 aliphatic heterocycles. The Morgan fingerprint density at radius 3 is 2.15 bits per heavy atom. The van der Waals surface area contributed by atoms with Gasteiger partial charge in [-0.2, -0.15) is 0 Å². The van der Waals surface area contributed by atoms with Gasteiger partial charge in [-0.25, -0.2) is 4.39 Å². The number of rotatable bonds is 3. The van der Waals surface area contributed by atoms with Crippen molar-refractivity contribution in [2.75, 3.05) is 0 Å². The van der Waals surface area contributed by atoms with Crippen LogP contribution in [-0.2, 0) is 0 Å². The van der Waals surface area contributed by atoms with E-state index in [0.717, 1.165) is 22.3 Å². The summed E-state index contributed by atoms with van der Waals surface area (Å²) in [5.74, 6) is 3.33. The average Bonchev–Trinajstić information content (AvgIpc) is 2.61. The molecule has 0 spiro atoms. The molecule has 0 unspecified atom stereocenters. The number of allylic oxidation sites excluding steroid dienone is 1. The molecule has 0 atom stereocenters. The van der Waals surface area contributed by atoms with E-state index in [2.05, 4.69) is 6.07 Å². The molecule has 0 aromatic heterocycles. The fourth-order valence-corrected chi connectivity index (χ4v) is 6.82. The van der Waals surface area contributed by atoms with Crippen LogP contribution >= 0.6 is 11.8 Å². The summed E-state index contributed by atoms with van der Waals surface area (Å²) in [6.45, 7) is 0. The van der Waals surface area contributed by atoms with Gasteiger partial charge in [0, 0.05) is 9.80 Å². The van der Waals surface area contributed by atoms with Crippen molar-refractivity contribution in [2.45, 2.75) is 37.0 Å². The molecule has 4 fully saturated rings. The minimum Gasteiger partial charge on any atom is -0.508 e. The van der Waals surface area contributed by atoms with Gasteiger partial charge in [-0.1, -0.05) is 23.9 Å². The average molecular weight is 367 g/mol. The molecule has 26 heavy (non-hydrogen) atoms. The number of hydrogen-bond acceptors (Lipinski definition) is 2. The van der Waals surface area contributed by atoms with E-state index >= 15 is 0 Å². The van der Waals surface area contributed by atoms with E-state index in [9.17, 15) is 9.50 Å². The van der Waals surface area contributed by atoms with Gasteiger partial charge in [0.15, 0.2) is 0 Å². The summed E-state index contributed by atoms with van der Waals surface area (Å²) < 4.78 is 13.3. The highest BCUT2D eigenvalue weighted by Gasteiger charge is 2.46. The highest BCUT2D eigenvalue weighted by atomic mass is 32.2. The third kappa shape index (κ3) is 2.96. The Hall–Kier alpha value is -1.74. The second kappa shape index (κ2) is 6.45. The molecule has 1 N–H and O–H groups in total. The van der Waals surface area contributed by atoms with Crippen LogP contribution in [0.4, 0.5) is 4.39 Å². The lowest BCUT2D eigenvalue weighted by Gasteiger charge is -2.52. The Labute approximate surface area is 158 Å². The van der Waals surface area contributed by atoms with E-state index in [4.69, 9.17) is 0 Å². The molecule has 6 rings (SSSR count). The predicted molar refractivity (Wildman–Crippen MR) is 104 cm³/mol. The van der Waals surface area contributed by atoms with Gasteiger partial charge in [-0.15, -0.1) is 0 Å². The Morgan fingerprint density at radius 2 is 1.54 bits per heavy atom. The van der Waals surface area contributed by atoms with Crippen LogP contribution < -0.4 is 0 Å². The van der Waals surface area contributed by atoms with Crippen LogP contribution in [0.25, 0.3) is 4.91 Å². The number of benzene rings is 2. The molecule has 0 heterocycles. The van der Waals surface area contributed by atoms with Crippen LogP contribution in [0.2, 0.25) is 0 Å².